The van der Waals surface area contributed by atoms with Crippen molar-refractivity contribution in [2.24, 2.45) is 0 Å². The van der Waals surface area contributed by atoms with Crippen LogP contribution in [0, 0.1) is 0 Å². The van der Waals surface area contributed by atoms with Crippen LogP contribution in [-0.4, -0.2) is 26.2 Å². The Bertz CT molecular complexity index is 947. The second kappa shape index (κ2) is 8.37. The predicted molar refractivity (Wildman–Crippen MR) is 113 cm³/mol. The number of hydrogen-bond donors (Lipinski definition) is 0. The molecule has 0 atom stereocenters. The van der Waals surface area contributed by atoms with Gasteiger partial charge in [-0.15, -0.1) is 11.3 Å². The van der Waals surface area contributed by atoms with E-state index in [2.05, 4.69) is 31.9 Å². The molecule has 0 N–H and O–H groups in total. The Hall–Kier alpha value is -1.96. The molecule has 0 aliphatic heterocycles. The van der Waals surface area contributed by atoms with Crippen LogP contribution in [0.3, 0.4) is 0 Å². The van der Waals surface area contributed by atoms with E-state index < -0.39 is 11.9 Å². The third kappa shape index (κ3) is 4.15. The lowest BCUT2D eigenvalue weighted by atomic mass is 10.1. The van der Waals surface area contributed by atoms with Crippen LogP contribution in [0.2, 0.25) is 0 Å². The summed E-state index contributed by atoms with van der Waals surface area (Å²) in [4.78, 5) is 26.1. The first-order chi connectivity index (χ1) is 12.9. The summed E-state index contributed by atoms with van der Waals surface area (Å²) in [6.45, 7) is 0. The van der Waals surface area contributed by atoms with Gasteiger partial charge in [-0.1, -0.05) is 44.0 Å². The van der Waals surface area contributed by atoms with Crippen LogP contribution in [0.1, 0.15) is 20.7 Å². The summed E-state index contributed by atoms with van der Waals surface area (Å²) in [6.07, 6.45) is 0. The lowest BCUT2D eigenvalue weighted by molar-refractivity contribution is 0.0592. The second-order valence-electron chi connectivity index (χ2n) is 5.53. The van der Waals surface area contributed by atoms with Crippen molar-refractivity contribution in [1.82, 2.24) is 0 Å². The first-order valence-electron chi connectivity index (χ1n) is 7.81. The van der Waals surface area contributed by atoms with E-state index in [1.54, 1.807) is 12.1 Å². The molecule has 4 nitrogen and oxygen atoms in total. The molecule has 1 aromatic heterocycles. The van der Waals surface area contributed by atoms with Crippen LogP contribution in [0.15, 0.2) is 57.5 Å². The zero-order valence-electron chi connectivity index (χ0n) is 14.4. The van der Waals surface area contributed by atoms with E-state index in [1.807, 2.05) is 36.4 Å². The van der Waals surface area contributed by atoms with E-state index in [1.165, 1.54) is 25.6 Å². The molecule has 0 saturated heterocycles. The molecule has 2 aromatic carbocycles. The van der Waals surface area contributed by atoms with Gasteiger partial charge in [0.1, 0.15) is 0 Å². The molecular weight excluding hydrogens is 496 g/mol. The predicted octanol–water partition coefficient (Wildman–Crippen LogP) is 6.18. The molecule has 3 rings (SSSR count). The summed E-state index contributed by atoms with van der Waals surface area (Å²) < 4.78 is 11.4. The minimum Gasteiger partial charge on any atom is -0.465 e. The number of carbonyl (C=O) groups is 2. The molecule has 27 heavy (non-hydrogen) atoms. The number of esters is 2. The number of hydrogen-bond acceptors (Lipinski definition) is 5. The first-order valence-corrected chi connectivity index (χ1v) is 10.2. The summed E-state index contributed by atoms with van der Waals surface area (Å²) >= 11 is 8.27. The van der Waals surface area contributed by atoms with Gasteiger partial charge in [-0.05, 0) is 36.4 Å². The van der Waals surface area contributed by atoms with Gasteiger partial charge in [0.2, 0.25) is 0 Å². The van der Waals surface area contributed by atoms with Gasteiger partial charge >= 0.3 is 11.9 Å². The van der Waals surface area contributed by atoms with Crippen molar-refractivity contribution in [3.8, 4) is 20.9 Å². The third-order valence-electron chi connectivity index (χ3n) is 3.91. The molecule has 0 aliphatic carbocycles. The molecule has 0 radical (unpaired) electrons. The summed E-state index contributed by atoms with van der Waals surface area (Å²) in [6, 6.07) is 14.8. The molecule has 0 bridgehead atoms. The summed E-state index contributed by atoms with van der Waals surface area (Å²) in [7, 11) is 2.72. The molecule has 7 heteroatoms. The van der Waals surface area contributed by atoms with E-state index in [4.69, 9.17) is 9.47 Å². The van der Waals surface area contributed by atoms with Gasteiger partial charge in [-0.3, -0.25) is 0 Å². The second-order valence-corrected chi connectivity index (χ2v) is 8.44. The van der Waals surface area contributed by atoms with Crippen LogP contribution in [0.4, 0.5) is 0 Å². The molecule has 0 unspecified atom stereocenters. The minimum atomic E-state index is -0.403. The summed E-state index contributed by atoms with van der Waals surface area (Å²) in [5.41, 5.74) is 2.50. The standard InChI is InChI=1S/C20H14Br2O4S/c1-25-19(23)15-9-11(21)3-5-13(15)17-7-8-18(27-17)14-6-4-12(22)10-16(14)20(24)26-2/h3-10H,1-2H3. The Morgan fingerprint density at radius 3 is 1.52 bits per heavy atom. The quantitative estimate of drug-likeness (QED) is 0.394. The molecule has 0 spiro atoms. The maximum atomic E-state index is 12.2. The molecule has 0 fully saturated rings. The Morgan fingerprint density at radius 1 is 0.741 bits per heavy atom. The van der Waals surface area contributed by atoms with Crippen LogP contribution in [-0.2, 0) is 9.47 Å². The lowest BCUT2D eigenvalue weighted by Crippen LogP contribution is -2.03. The topological polar surface area (TPSA) is 52.6 Å². The Morgan fingerprint density at radius 2 is 1.15 bits per heavy atom. The molecule has 3 aromatic rings. The monoisotopic (exact) mass is 508 g/mol. The molecule has 0 aliphatic rings. The van der Waals surface area contributed by atoms with Gasteiger partial charge in [0.25, 0.3) is 0 Å². The van der Waals surface area contributed by atoms with Gasteiger partial charge < -0.3 is 9.47 Å². The van der Waals surface area contributed by atoms with Gasteiger partial charge in [0.05, 0.1) is 25.3 Å². The fourth-order valence-corrected chi connectivity index (χ4v) is 4.45. The van der Waals surface area contributed by atoms with Crippen LogP contribution < -0.4 is 0 Å². The van der Waals surface area contributed by atoms with Crippen molar-refractivity contribution in [1.29, 1.82) is 0 Å². The van der Waals surface area contributed by atoms with Gasteiger partial charge in [-0.2, -0.15) is 0 Å². The number of halogens is 2. The van der Waals surface area contributed by atoms with E-state index in [9.17, 15) is 9.59 Å². The van der Waals surface area contributed by atoms with Crippen molar-refractivity contribution in [2.45, 2.75) is 0 Å². The van der Waals surface area contributed by atoms with E-state index in [-0.39, 0.29) is 0 Å². The third-order valence-corrected chi connectivity index (χ3v) is 6.05. The number of carbonyl (C=O) groups excluding carboxylic acids is 2. The van der Waals surface area contributed by atoms with Crippen molar-refractivity contribution >= 4 is 55.1 Å². The SMILES string of the molecule is COC(=O)c1cc(Br)ccc1-c1ccc(-c2ccc(Br)cc2C(=O)OC)s1. The number of thiophene rings is 1. The number of rotatable bonds is 4. The lowest BCUT2D eigenvalue weighted by Gasteiger charge is -2.08. The van der Waals surface area contributed by atoms with Gasteiger partial charge in [0, 0.05) is 29.8 Å². The number of benzene rings is 2. The number of ether oxygens (including phenoxy) is 2. The average molecular weight is 510 g/mol. The minimum absolute atomic E-state index is 0.403. The Kier molecular flexibility index (Phi) is 6.14. The Labute approximate surface area is 177 Å². The van der Waals surface area contributed by atoms with Crippen LogP contribution in [0.5, 0.6) is 0 Å². The zero-order valence-corrected chi connectivity index (χ0v) is 18.4. The van der Waals surface area contributed by atoms with Crippen LogP contribution in [0.25, 0.3) is 20.9 Å². The molecule has 0 saturated carbocycles. The number of methoxy groups -OCH3 is 2. The van der Waals surface area contributed by atoms with Crippen molar-refractivity contribution in [3.63, 3.8) is 0 Å². The highest BCUT2D eigenvalue weighted by Crippen LogP contribution is 2.39. The van der Waals surface area contributed by atoms with Gasteiger partial charge in [0.15, 0.2) is 0 Å². The van der Waals surface area contributed by atoms with Gasteiger partial charge in [-0.25, -0.2) is 9.59 Å². The van der Waals surface area contributed by atoms with Crippen molar-refractivity contribution in [3.05, 3.63) is 68.6 Å². The maximum Gasteiger partial charge on any atom is 0.338 e. The van der Waals surface area contributed by atoms with Crippen LogP contribution >= 0.6 is 43.2 Å². The fourth-order valence-electron chi connectivity index (χ4n) is 2.65. The Balaban J connectivity index is 2.10. The maximum absolute atomic E-state index is 12.2. The van der Waals surface area contributed by atoms with E-state index in [0.29, 0.717) is 11.1 Å². The largest absolute Gasteiger partial charge is 0.465 e. The smallest absolute Gasteiger partial charge is 0.338 e. The zero-order chi connectivity index (χ0) is 19.6. The first kappa shape index (κ1) is 19.8. The fraction of sp³-hybridized carbons (Fsp3) is 0.100. The van der Waals surface area contributed by atoms with Crippen molar-refractivity contribution < 1.29 is 19.1 Å². The molecular formula is C20H14Br2O4S. The highest BCUT2D eigenvalue weighted by atomic mass is 79.9. The normalized spacial score (nSPS) is 10.5. The molecule has 1 heterocycles. The van der Waals surface area contributed by atoms with E-state index in [0.717, 1.165) is 29.8 Å². The van der Waals surface area contributed by atoms with E-state index >= 15 is 0 Å². The van der Waals surface area contributed by atoms with Crippen molar-refractivity contribution in [2.75, 3.05) is 14.2 Å². The average Bonchev–Trinajstić information content (AvgIpc) is 3.16. The molecule has 138 valence electrons. The molecule has 0 amide bonds. The summed E-state index contributed by atoms with van der Waals surface area (Å²) in [5.74, 6) is -0.805. The highest BCUT2D eigenvalue weighted by molar-refractivity contribution is 9.10. The highest BCUT2D eigenvalue weighted by Gasteiger charge is 2.18. The summed E-state index contributed by atoms with van der Waals surface area (Å²) in [5, 5.41) is 0.